The van der Waals surface area contributed by atoms with Crippen LogP contribution in [0.3, 0.4) is 0 Å². The maximum Gasteiger partial charge on any atom is 0.511 e. The Morgan fingerprint density at radius 2 is 1.50 bits per heavy atom. The zero-order valence-electron chi connectivity index (χ0n) is 27.3. The summed E-state index contributed by atoms with van der Waals surface area (Å²) < 4.78 is 25.0. The largest absolute Gasteiger partial charge is 0.511 e. The Labute approximate surface area is 271 Å². The number of rotatable bonds is 18. The van der Waals surface area contributed by atoms with E-state index in [1.54, 1.807) is 62.4 Å². The van der Waals surface area contributed by atoms with Crippen LogP contribution in [0.15, 0.2) is 48.5 Å². The van der Waals surface area contributed by atoms with Gasteiger partial charge in [0.1, 0.15) is 5.75 Å². The summed E-state index contributed by atoms with van der Waals surface area (Å²) in [4.78, 5) is 65.3. The number of amides is 1. The third kappa shape index (κ3) is 16.8. The number of benzene rings is 2. The highest BCUT2D eigenvalue weighted by Crippen LogP contribution is 2.33. The standard InChI is InChI=1S/C33H45NO11S/c1-23(2)44-33(39)42-22-41-32(38)28-12-7-25(8-13-28)19-27(20-31(37)40-17-18-46(4,5)6)11-16-30(36)34-43-21-26-9-14-29(15-10-26)45-24(3)35/h7-10,12-15,23,27H,11,16-22H2,1-6H3,(H,34,36). The van der Waals surface area contributed by atoms with Gasteiger partial charge < -0.3 is 23.7 Å². The first-order valence-corrected chi connectivity index (χ1v) is 17.8. The molecule has 0 heterocycles. The van der Waals surface area contributed by atoms with Crippen LogP contribution in [0.1, 0.15) is 61.5 Å². The van der Waals surface area contributed by atoms with Gasteiger partial charge in [0, 0.05) is 25.5 Å². The van der Waals surface area contributed by atoms with E-state index in [4.69, 9.17) is 28.5 Å². The molecule has 1 N–H and O–H groups in total. The molecule has 2 rings (SSSR count). The topological polar surface area (TPSA) is 153 Å². The van der Waals surface area contributed by atoms with Crippen LogP contribution in [-0.2, 0) is 51.2 Å². The number of hydroxylamine groups is 1. The summed E-state index contributed by atoms with van der Waals surface area (Å²) >= 11 is 0. The summed E-state index contributed by atoms with van der Waals surface area (Å²) in [6.45, 7) is 4.52. The van der Waals surface area contributed by atoms with Crippen LogP contribution in [0.5, 0.6) is 5.75 Å². The van der Waals surface area contributed by atoms with Gasteiger partial charge in [-0.15, -0.1) is 0 Å². The Morgan fingerprint density at radius 1 is 0.848 bits per heavy atom. The molecule has 1 unspecified atom stereocenters. The number of hydrogen-bond acceptors (Lipinski definition) is 11. The fourth-order valence-corrected chi connectivity index (χ4v) is 4.52. The number of carbonyl (C=O) groups excluding carboxylic acids is 5. The molecule has 0 saturated heterocycles. The van der Waals surface area contributed by atoms with Crippen LogP contribution in [-0.4, -0.2) is 74.0 Å². The third-order valence-corrected chi connectivity index (χ3v) is 7.61. The zero-order valence-corrected chi connectivity index (χ0v) is 28.1. The molecule has 254 valence electrons. The third-order valence-electron chi connectivity index (χ3n) is 6.22. The van der Waals surface area contributed by atoms with E-state index >= 15 is 0 Å². The minimum atomic E-state index is -0.935. The fraction of sp³-hybridized carbons (Fsp3) is 0.485. The van der Waals surface area contributed by atoms with E-state index in [0.717, 1.165) is 16.9 Å². The summed E-state index contributed by atoms with van der Waals surface area (Å²) in [6, 6.07) is 13.3. The van der Waals surface area contributed by atoms with Crippen molar-refractivity contribution in [2.75, 3.05) is 37.9 Å². The monoisotopic (exact) mass is 663 g/mol. The number of esters is 3. The smallest absolute Gasteiger partial charge is 0.465 e. The van der Waals surface area contributed by atoms with Crippen molar-refractivity contribution in [3.8, 4) is 5.75 Å². The highest BCUT2D eigenvalue weighted by molar-refractivity contribution is 8.32. The highest BCUT2D eigenvalue weighted by atomic mass is 32.3. The minimum Gasteiger partial charge on any atom is -0.465 e. The van der Waals surface area contributed by atoms with Crippen molar-refractivity contribution in [3.63, 3.8) is 0 Å². The van der Waals surface area contributed by atoms with E-state index in [-0.39, 0.29) is 48.9 Å². The van der Waals surface area contributed by atoms with Crippen LogP contribution in [0.25, 0.3) is 0 Å². The van der Waals surface area contributed by atoms with E-state index in [0.29, 0.717) is 25.2 Å². The maximum atomic E-state index is 12.7. The first kappa shape index (κ1) is 38.1. The Morgan fingerprint density at radius 3 is 2.11 bits per heavy atom. The Hall–Kier alpha value is -4.10. The number of hydrogen-bond donors (Lipinski definition) is 1. The van der Waals surface area contributed by atoms with Crippen molar-refractivity contribution in [2.45, 2.75) is 59.2 Å². The van der Waals surface area contributed by atoms with E-state index in [9.17, 15) is 24.0 Å². The second-order valence-electron chi connectivity index (χ2n) is 11.7. The van der Waals surface area contributed by atoms with Gasteiger partial charge in [-0.25, -0.2) is 25.1 Å². The van der Waals surface area contributed by atoms with Crippen molar-refractivity contribution in [2.24, 2.45) is 5.92 Å². The summed E-state index contributed by atoms with van der Waals surface area (Å²) in [5, 5.41) is 0. The Kier molecular flexibility index (Phi) is 16.1. The molecular formula is C33H45NO11S. The van der Waals surface area contributed by atoms with E-state index in [2.05, 4.69) is 24.2 Å². The van der Waals surface area contributed by atoms with Crippen LogP contribution in [0, 0.1) is 5.92 Å². The quantitative estimate of drug-likeness (QED) is 0.0745. The van der Waals surface area contributed by atoms with Crippen LogP contribution in [0.4, 0.5) is 4.79 Å². The minimum absolute atomic E-state index is 0.110. The summed E-state index contributed by atoms with van der Waals surface area (Å²) in [6.07, 6.45) is 6.23. The van der Waals surface area contributed by atoms with Gasteiger partial charge in [0.2, 0.25) is 12.7 Å². The van der Waals surface area contributed by atoms with Gasteiger partial charge in [-0.1, -0.05) is 24.3 Å². The molecule has 1 amide bonds. The number of ether oxygens (including phenoxy) is 5. The van der Waals surface area contributed by atoms with Crippen LogP contribution in [0.2, 0.25) is 0 Å². The molecule has 0 saturated carbocycles. The molecule has 2 aromatic carbocycles. The molecule has 0 spiro atoms. The van der Waals surface area contributed by atoms with E-state index in [1.807, 2.05) is 0 Å². The van der Waals surface area contributed by atoms with Crippen molar-refractivity contribution >= 4 is 40.0 Å². The Bertz CT molecular complexity index is 1290. The highest BCUT2D eigenvalue weighted by Gasteiger charge is 2.19. The van der Waals surface area contributed by atoms with Gasteiger partial charge in [0.05, 0.1) is 24.9 Å². The molecule has 0 aliphatic rings. The lowest BCUT2D eigenvalue weighted by Gasteiger charge is -2.24. The number of carbonyl (C=O) groups is 5. The van der Waals surface area contributed by atoms with Gasteiger partial charge in [-0.2, -0.15) is 0 Å². The lowest BCUT2D eigenvalue weighted by Crippen LogP contribution is -2.25. The van der Waals surface area contributed by atoms with Gasteiger partial charge in [0.25, 0.3) is 0 Å². The van der Waals surface area contributed by atoms with E-state index < -0.39 is 34.9 Å². The predicted molar refractivity (Wildman–Crippen MR) is 172 cm³/mol. The summed E-state index contributed by atoms with van der Waals surface area (Å²) in [5.41, 5.74) is 4.29. The fourth-order valence-electron chi connectivity index (χ4n) is 3.93. The van der Waals surface area contributed by atoms with Crippen molar-refractivity contribution in [3.05, 3.63) is 65.2 Å². The summed E-state index contributed by atoms with van der Waals surface area (Å²) in [7, 11) is -0.813. The molecule has 0 radical (unpaired) electrons. The molecule has 0 bridgehead atoms. The average Bonchev–Trinajstić information content (AvgIpc) is 2.96. The summed E-state index contributed by atoms with van der Waals surface area (Å²) in [5.74, 6) is -0.775. The predicted octanol–water partition coefficient (Wildman–Crippen LogP) is 5.10. The van der Waals surface area contributed by atoms with Gasteiger partial charge in [0.15, 0.2) is 0 Å². The molecular weight excluding hydrogens is 618 g/mol. The molecule has 1 atom stereocenters. The molecule has 0 aromatic heterocycles. The van der Waals surface area contributed by atoms with Crippen molar-refractivity contribution in [1.29, 1.82) is 0 Å². The van der Waals surface area contributed by atoms with Gasteiger partial charge in [-0.05, 0) is 86.8 Å². The SMILES string of the molecule is CC(=O)Oc1ccc(CONC(=O)CCC(CC(=O)OCCS(C)(C)C)Cc2ccc(C(=O)OCOC(=O)OC(C)C)cc2)cc1. The van der Waals surface area contributed by atoms with Gasteiger partial charge >= 0.3 is 24.1 Å². The second kappa shape index (κ2) is 19.4. The molecule has 2 aromatic rings. The number of nitrogens with one attached hydrogen (secondary N) is 1. The normalized spacial score (nSPS) is 12.1. The van der Waals surface area contributed by atoms with Crippen molar-refractivity contribution in [1.82, 2.24) is 5.48 Å². The molecule has 0 aliphatic heterocycles. The lowest BCUT2D eigenvalue weighted by molar-refractivity contribution is -0.144. The van der Waals surface area contributed by atoms with Gasteiger partial charge in [-0.3, -0.25) is 19.2 Å². The molecule has 46 heavy (non-hydrogen) atoms. The molecule has 0 aliphatic carbocycles. The lowest BCUT2D eigenvalue weighted by atomic mass is 9.91. The first-order chi connectivity index (χ1) is 21.7. The zero-order chi connectivity index (χ0) is 34.1. The van der Waals surface area contributed by atoms with Crippen LogP contribution < -0.4 is 10.2 Å². The maximum absolute atomic E-state index is 12.7. The Balaban J connectivity index is 1.91. The van der Waals surface area contributed by atoms with Crippen molar-refractivity contribution < 1.29 is 52.5 Å². The first-order valence-electron chi connectivity index (χ1n) is 14.8. The second-order valence-corrected chi connectivity index (χ2v) is 16.3. The molecule has 13 heteroatoms. The molecule has 12 nitrogen and oxygen atoms in total. The average molecular weight is 664 g/mol. The van der Waals surface area contributed by atoms with Crippen LogP contribution >= 0.6 is 10.0 Å². The van der Waals surface area contributed by atoms with E-state index in [1.165, 1.54) is 6.92 Å². The molecule has 0 fully saturated rings.